The lowest BCUT2D eigenvalue weighted by molar-refractivity contribution is -0.115. The molecule has 62 heavy (non-hydrogen) atoms. The van der Waals surface area contributed by atoms with Gasteiger partial charge in [-0.1, -0.05) is 72.5 Å². The molecule has 2 N–H and O–H groups in total. The van der Waals surface area contributed by atoms with Crippen molar-refractivity contribution in [2.24, 2.45) is 0 Å². The maximum Gasteiger partial charge on any atom is 0.235 e. The van der Waals surface area contributed by atoms with E-state index in [1.165, 1.54) is 13.8 Å². The number of para-hydroxylation sites is 2. The summed E-state index contributed by atoms with van der Waals surface area (Å²) in [4.78, 5) is 23.9. The van der Waals surface area contributed by atoms with Crippen LogP contribution in [0.3, 0.4) is 0 Å². The SMILES string of the molecule is COc1ccc(C#Cc2c(-c3ccc(OC)cc3)c3ccccc3n2NC(C)=O)cc1.COc1ccc(C#Cc2c(-c3ccc(OC)cc3)c3ccccc3n2NC(C)=O)cc1. The third kappa shape index (κ3) is 9.26. The fraction of sp³-hybridized carbons (Fsp3) is 0.115. The lowest BCUT2D eigenvalue weighted by Gasteiger charge is -2.08. The summed E-state index contributed by atoms with van der Waals surface area (Å²) in [6.07, 6.45) is 0. The number of methoxy groups -OCH3 is 4. The van der Waals surface area contributed by atoms with E-state index in [4.69, 9.17) is 18.9 Å². The summed E-state index contributed by atoms with van der Waals surface area (Å²) in [5.41, 5.74) is 14.6. The van der Waals surface area contributed by atoms with Gasteiger partial charge in [0.25, 0.3) is 0 Å². The van der Waals surface area contributed by atoms with Gasteiger partial charge in [-0.15, -0.1) is 0 Å². The van der Waals surface area contributed by atoms with Crippen molar-refractivity contribution in [3.63, 3.8) is 0 Å². The van der Waals surface area contributed by atoms with Crippen LogP contribution in [0.2, 0.25) is 0 Å². The van der Waals surface area contributed by atoms with E-state index in [-0.39, 0.29) is 11.8 Å². The van der Waals surface area contributed by atoms with Crippen molar-refractivity contribution in [1.82, 2.24) is 9.35 Å². The Balaban J connectivity index is 0.000000186. The van der Waals surface area contributed by atoms with E-state index in [0.717, 1.165) is 78.2 Å². The molecule has 8 rings (SSSR count). The Morgan fingerprint density at radius 2 is 0.726 bits per heavy atom. The van der Waals surface area contributed by atoms with Crippen LogP contribution in [0.15, 0.2) is 146 Å². The number of nitrogens with zero attached hydrogens (tertiary/aromatic N) is 2. The molecule has 0 fully saturated rings. The average molecular weight is 821 g/mol. The topological polar surface area (TPSA) is 105 Å². The van der Waals surface area contributed by atoms with Crippen molar-refractivity contribution in [2.75, 3.05) is 39.3 Å². The number of hydrogen-bond donors (Lipinski definition) is 2. The van der Waals surface area contributed by atoms with Gasteiger partial charge in [-0.25, -0.2) is 9.35 Å². The highest BCUT2D eigenvalue weighted by atomic mass is 16.5. The van der Waals surface area contributed by atoms with Crippen LogP contribution in [0.25, 0.3) is 44.1 Å². The molecule has 0 saturated carbocycles. The second-order valence-electron chi connectivity index (χ2n) is 13.9. The van der Waals surface area contributed by atoms with Gasteiger partial charge >= 0.3 is 0 Å². The molecule has 0 radical (unpaired) electrons. The number of nitrogens with one attached hydrogen (secondary N) is 2. The molecule has 0 unspecified atom stereocenters. The molecule has 10 heteroatoms. The van der Waals surface area contributed by atoms with E-state index in [1.807, 2.05) is 146 Å². The zero-order chi connectivity index (χ0) is 43.6. The second-order valence-corrected chi connectivity index (χ2v) is 13.9. The predicted molar refractivity (Wildman–Crippen MR) is 246 cm³/mol. The standard InChI is InChI=1S/2C26H22N2O3/c2*1-18(29)27-28-24-7-5-4-6-23(24)26(20-11-15-22(31-3)16-12-20)25(28)17-10-19-8-13-21(30-2)14-9-19/h2*4-9,11-16H,1-3H3,(H,27,29). The molecular weight excluding hydrogens is 777 g/mol. The first-order chi connectivity index (χ1) is 30.2. The van der Waals surface area contributed by atoms with Gasteiger partial charge < -0.3 is 18.9 Å². The molecule has 0 saturated heterocycles. The van der Waals surface area contributed by atoms with E-state index in [9.17, 15) is 9.59 Å². The maximum atomic E-state index is 12.0. The van der Waals surface area contributed by atoms with Gasteiger partial charge in [0.05, 0.1) is 39.5 Å². The molecule has 0 aliphatic rings. The third-order valence-corrected chi connectivity index (χ3v) is 9.88. The van der Waals surface area contributed by atoms with Crippen molar-refractivity contribution >= 4 is 33.6 Å². The van der Waals surface area contributed by atoms with Crippen LogP contribution >= 0.6 is 0 Å². The van der Waals surface area contributed by atoms with Crippen LogP contribution in [-0.4, -0.2) is 49.6 Å². The zero-order valence-electron chi connectivity index (χ0n) is 35.2. The van der Waals surface area contributed by atoms with E-state index >= 15 is 0 Å². The Labute approximate surface area is 360 Å². The number of fused-ring (bicyclic) bond motifs is 2. The fourth-order valence-electron chi connectivity index (χ4n) is 6.97. The van der Waals surface area contributed by atoms with E-state index < -0.39 is 0 Å². The molecule has 308 valence electrons. The molecule has 0 aliphatic heterocycles. The van der Waals surface area contributed by atoms with Crippen molar-refractivity contribution in [3.05, 3.63) is 168 Å². The highest BCUT2D eigenvalue weighted by Crippen LogP contribution is 2.36. The summed E-state index contributed by atoms with van der Waals surface area (Å²) in [5, 5.41) is 2.00. The monoisotopic (exact) mass is 820 g/mol. The van der Waals surface area contributed by atoms with E-state index in [1.54, 1.807) is 37.8 Å². The first kappa shape index (κ1) is 41.8. The van der Waals surface area contributed by atoms with Gasteiger partial charge in [0, 0.05) is 46.9 Å². The minimum Gasteiger partial charge on any atom is -0.497 e. The quantitative estimate of drug-likeness (QED) is 0.148. The number of carbonyl (C=O) groups excluding carboxylic acids is 2. The number of ether oxygens (including phenoxy) is 4. The van der Waals surface area contributed by atoms with Gasteiger partial charge in [-0.2, -0.15) is 0 Å². The molecule has 0 spiro atoms. The first-order valence-electron chi connectivity index (χ1n) is 19.6. The van der Waals surface area contributed by atoms with Crippen molar-refractivity contribution < 1.29 is 28.5 Å². The second kappa shape index (κ2) is 19.2. The summed E-state index contributed by atoms with van der Waals surface area (Å²) in [5.74, 6) is 15.8. The van der Waals surface area contributed by atoms with Gasteiger partial charge in [0.1, 0.15) is 34.4 Å². The summed E-state index contributed by atoms with van der Waals surface area (Å²) in [6, 6.07) is 46.6. The number of hydrogen-bond acceptors (Lipinski definition) is 6. The minimum absolute atomic E-state index is 0.172. The summed E-state index contributed by atoms with van der Waals surface area (Å²) >= 11 is 0. The lowest BCUT2D eigenvalue weighted by Crippen LogP contribution is -2.21. The van der Waals surface area contributed by atoms with Gasteiger partial charge in [0.15, 0.2) is 0 Å². The molecule has 6 aromatic carbocycles. The molecule has 8 aromatic rings. The number of benzene rings is 6. The van der Waals surface area contributed by atoms with Crippen LogP contribution in [0, 0.1) is 23.7 Å². The Bertz CT molecular complexity index is 2790. The van der Waals surface area contributed by atoms with Crippen LogP contribution in [0.5, 0.6) is 23.0 Å². The van der Waals surface area contributed by atoms with E-state index in [2.05, 4.69) is 34.5 Å². The average Bonchev–Trinajstić information content (AvgIpc) is 3.78. The van der Waals surface area contributed by atoms with Crippen LogP contribution < -0.4 is 29.8 Å². The molecule has 0 bridgehead atoms. The predicted octanol–water partition coefficient (Wildman–Crippen LogP) is 9.63. The van der Waals surface area contributed by atoms with Crippen molar-refractivity contribution in [1.29, 1.82) is 0 Å². The summed E-state index contributed by atoms with van der Waals surface area (Å²) in [7, 11) is 6.55. The molecule has 2 heterocycles. The smallest absolute Gasteiger partial charge is 0.235 e. The molecule has 0 atom stereocenters. The first-order valence-corrected chi connectivity index (χ1v) is 19.6. The normalized spacial score (nSPS) is 10.3. The molecule has 10 nitrogen and oxygen atoms in total. The number of rotatable bonds is 8. The van der Waals surface area contributed by atoms with Gasteiger partial charge in [0.2, 0.25) is 11.8 Å². The van der Waals surface area contributed by atoms with Crippen LogP contribution in [0.1, 0.15) is 36.4 Å². The van der Waals surface area contributed by atoms with Crippen molar-refractivity contribution in [2.45, 2.75) is 13.8 Å². The zero-order valence-corrected chi connectivity index (χ0v) is 35.2. The number of carbonyl (C=O) groups is 2. The summed E-state index contributed by atoms with van der Waals surface area (Å²) < 4.78 is 24.6. The largest absolute Gasteiger partial charge is 0.497 e. The van der Waals surface area contributed by atoms with Crippen molar-refractivity contribution in [3.8, 4) is 68.9 Å². The highest BCUT2D eigenvalue weighted by molar-refractivity contribution is 6.02. The Hall–Kier alpha value is -8.34. The van der Waals surface area contributed by atoms with E-state index in [0.29, 0.717) is 11.4 Å². The van der Waals surface area contributed by atoms with Gasteiger partial charge in [-0.3, -0.25) is 20.4 Å². The Morgan fingerprint density at radius 1 is 0.419 bits per heavy atom. The van der Waals surface area contributed by atoms with Crippen LogP contribution in [-0.2, 0) is 9.59 Å². The molecular formula is C52H44N4O6. The lowest BCUT2D eigenvalue weighted by atomic mass is 10.0. The fourth-order valence-corrected chi connectivity index (χ4v) is 6.97. The molecule has 0 aliphatic carbocycles. The highest BCUT2D eigenvalue weighted by Gasteiger charge is 2.20. The summed E-state index contributed by atoms with van der Waals surface area (Å²) in [6.45, 7) is 2.98. The number of aromatic nitrogens is 2. The van der Waals surface area contributed by atoms with Gasteiger partial charge in [-0.05, 0) is 108 Å². The Morgan fingerprint density at radius 3 is 1.03 bits per heavy atom. The minimum atomic E-state index is -0.172. The third-order valence-electron chi connectivity index (χ3n) is 9.88. The Kier molecular flexibility index (Phi) is 12.9. The number of amides is 2. The maximum absolute atomic E-state index is 12.0. The molecule has 2 aromatic heterocycles. The molecule has 2 amide bonds. The van der Waals surface area contributed by atoms with Crippen LogP contribution in [0.4, 0.5) is 0 Å².